The maximum Gasteiger partial charge on any atom is 0.170 e. The van der Waals surface area contributed by atoms with Crippen LogP contribution in [0.4, 0.5) is 0 Å². The van der Waals surface area contributed by atoms with Gasteiger partial charge in [-0.1, -0.05) is 35.9 Å². The summed E-state index contributed by atoms with van der Waals surface area (Å²) in [5, 5.41) is 13.0. The molecule has 1 aliphatic heterocycles. The Morgan fingerprint density at radius 3 is 2.03 bits per heavy atom. The molecule has 4 bridgehead atoms. The van der Waals surface area contributed by atoms with Crippen molar-refractivity contribution in [3.05, 3.63) is 71.2 Å². The zero-order chi connectivity index (χ0) is 21.4. The Morgan fingerprint density at radius 1 is 0.719 bits per heavy atom. The molecule has 3 nitrogen and oxygen atoms in total. The monoisotopic (exact) mass is 444 g/mol. The second-order valence-corrected chi connectivity index (χ2v) is 10.6. The van der Waals surface area contributed by atoms with E-state index in [-0.39, 0.29) is 0 Å². The van der Waals surface area contributed by atoms with Crippen LogP contribution in [0.2, 0.25) is 5.02 Å². The van der Waals surface area contributed by atoms with Crippen molar-refractivity contribution in [3.63, 3.8) is 0 Å². The number of ether oxygens (including phenoxy) is 2. The normalized spacial score (nSPS) is 31.4. The molecule has 0 spiro atoms. The highest BCUT2D eigenvalue weighted by Gasteiger charge is 2.57. The van der Waals surface area contributed by atoms with Crippen LogP contribution in [-0.2, 0) is 5.60 Å². The number of halogens is 1. The Labute approximate surface area is 192 Å². The lowest BCUT2D eigenvalue weighted by molar-refractivity contribution is -0.179. The Bertz CT molecular complexity index is 1210. The molecule has 0 unspecified atom stereocenters. The van der Waals surface area contributed by atoms with Crippen LogP contribution in [-0.4, -0.2) is 5.11 Å². The summed E-state index contributed by atoms with van der Waals surface area (Å²) in [6.07, 6.45) is 5.89. The molecular weight excluding hydrogens is 420 g/mol. The van der Waals surface area contributed by atoms with Gasteiger partial charge in [0.1, 0.15) is 0 Å². The van der Waals surface area contributed by atoms with Gasteiger partial charge in [-0.25, -0.2) is 0 Å². The second-order valence-electron chi connectivity index (χ2n) is 10.1. The Balaban J connectivity index is 1.33. The summed E-state index contributed by atoms with van der Waals surface area (Å²) in [5.74, 6) is 5.05. The van der Waals surface area contributed by atoms with Crippen LogP contribution in [0.5, 0.6) is 23.0 Å². The number of benzene rings is 3. The van der Waals surface area contributed by atoms with E-state index in [9.17, 15) is 5.11 Å². The van der Waals surface area contributed by atoms with Crippen molar-refractivity contribution in [1.82, 2.24) is 0 Å². The topological polar surface area (TPSA) is 38.7 Å². The third-order valence-corrected chi connectivity index (χ3v) is 8.57. The summed E-state index contributed by atoms with van der Waals surface area (Å²) in [5.41, 5.74) is 2.22. The third-order valence-electron chi connectivity index (χ3n) is 8.34. The second kappa shape index (κ2) is 6.76. The Morgan fingerprint density at radius 2 is 1.34 bits per heavy atom. The summed E-state index contributed by atoms with van der Waals surface area (Å²) < 4.78 is 12.2. The predicted molar refractivity (Wildman–Crippen MR) is 124 cm³/mol. The van der Waals surface area contributed by atoms with Gasteiger partial charge in [-0.15, -0.1) is 0 Å². The molecule has 1 heterocycles. The summed E-state index contributed by atoms with van der Waals surface area (Å²) in [6.45, 7) is 0. The minimum atomic E-state index is -0.812. The first kappa shape index (κ1) is 19.0. The Kier molecular flexibility index (Phi) is 4.02. The van der Waals surface area contributed by atoms with E-state index in [0.717, 1.165) is 60.0 Å². The average Bonchev–Trinajstić information content (AvgIpc) is 2.80. The van der Waals surface area contributed by atoms with E-state index >= 15 is 0 Å². The SMILES string of the molecule is OC1(c2cc(Cl)ccc2-c2ccc3c(c2)Oc2ccccc2O3)C2CC3CC(C2)CC1C3. The van der Waals surface area contributed by atoms with Gasteiger partial charge in [0.05, 0.1) is 5.60 Å². The number of hydrogen-bond acceptors (Lipinski definition) is 3. The zero-order valence-electron chi connectivity index (χ0n) is 17.8. The Hall–Kier alpha value is -2.49. The molecule has 0 saturated heterocycles. The van der Waals surface area contributed by atoms with Crippen LogP contribution in [0, 0.1) is 23.7 Å². The van der Waals surface area contributed by atoms with Crippen molar-refractivity contribution in [2.24, 2.45) is 23.7 Å². The quantitative estimate of drug-likeness (QED) is 0.347. The van der Waals surface area contributed by atoms with Crippen LogP contribution in [0.15, 0.2) is 60.7 Å². The molecule has 4 fully saturated rings. The van der Waals surface area contributed by atoms with Crippen LogP contribution >= 0.6 is 11.6 Å². The van der Waals surface area contributed by atoms with Gasteiger partial charge in [-0.3, -0.25) is 0 Å². The molecule has 1 N–H and O–H groups in total. The molecule has 3 aromatic rings. The van der Waals surface area contributed by atoms with Gasteiger partial charge in [-0.2, -0.15) is 0 Å². The van der Waals surface area contributed by atoms with Gasteiger partial charge in [0.2, 0.25) is 0 Å². The van der Waals surface area contributed by atoms with E-state index < -0.39 is 5.60 Å². The number of hydrogen-bond donors (Lipinski definition) is 1. The van der Waals surface area contributed by atoms with Gasteiger partial charge in [0.25, 0.3) is 0 Å². The molecule has 0 atom stereocenters. The summed E-state index contributed by atoms with van der Waals surface area (Å²) in [6, 6.07) is 19.7. The zero-order valence-corrected chi connectivity index (χ0v) is 18.5. The number of fused-ring (bicyclic) bond motifs is 2. The minimum absolute atomic E-state index is 0.319. The highest BCUT2D eigenvalue weighted by molar-refractivity contribution is 6.30. The van der Waals surface area contributed by atoms with Crippen LogP contribution in [0.3, 0.4) is 0 Å². The van der Waals surface area contributed by atoms with Crippen molar-refractivity contribution in [1.29, 1.82) is 0 Å². The van der Waals surface area contributed by atoms with Crippen LogP contribution in [0.25, 0.3) is 11.1 Å². The molecule has 4 saturated carbocycles. The summed E-state index contributed by atoms with van der Waals surface area (Å²) in [4.78, 5) is 0. The average molecular weight is 445 g/mol. The van der Waals surface area contributed by atoms with Crippen LogP contribution in [0.1, 0.15) is 37.7 Å². The van der Waals surface area contributed by atoms with Crippen molar-refractivity contribution >= 4 is 11.6 Å². The fraction of sp³-hybridized carbons (Fsp3) is 0.357. The van der Waals surface area contributed by atoms with Gasteiger partial charge in [0.15, 0.2) is 23.0 Å². The highest BCUT2D eigenvalue weighted by atomic mass is 35.5. The standard InChI is InChI=1S/C28H25ClO3/c29-21-6-7-22(18-5-8-26-27(14-18)32-25-4-2-1-3-24(25)31-26)23(15-21)28(30)19-10-16-9-17(12-19)13-20(28)11-16/h1-8,14-17,19-20,30H,9-13H2. The maximum atomic E-state index is 12.3. The van der Waals surface area contributed by atoms with Crippen molar-refractivity contribution in [2.45, 2.75) is 37.7 Å². The molecule has 0 radical (unpaired) electrons. The molecule has 5 aliphatic rings. The number of rotatable bonds is 2. The largest absolute Gasteiger partial charge is 0.450 e. The van der Waals surface area contributed by atoms with E-state index in [4.69, 9.17) is 21.1 Å². The molecule has 162 valence electrons. The summed E-state index contributed by atoms with van der Waals surface area (Å²) in [7, 11) is 0. The fourth-order valence-corrected chi connectivity index (χ4v) is 7.31. The van der Waals surface area contributed by atoms with E-state index in [2.05, 4.69) is 12.1 Å². The van der Waals surface area contributed by atoms with Crippen LogP contribution < -0.4 is 9.47 Å². The molecule has 8 rings (SSSR count). The van der Waals surface area contributed by atoms with E-state index in [1.807, 2.05) is 48.5 Å². The minimum Gasteiger partial charge on any atom is -0.450 e. The van der Waals surface area contributed by atoms with Crippen molar-refractivity contribution in [2.75, 3.05) is 0 Å². The van der Waals surface area contributed by atoms with E-state index in [1.165, 1.54) is 6.42 Å². The molecule has 4 aliphatic carbocycles. The fourth-order valence-electron chi connectivity index (χ4n) is 7.14. The van der Waals surface area contributed by atoms with Gasteiger partial charge >= 0.3 is 0 Å². The van der Waals surface area contributed by atoms with Gasteiger partial charge < -0.3 is 14.6 Å². The molecule has 4 heteroatoms. The third kappa shape index (κ3) is 2.71. The number of para-hydroxylation sites is 2. The first-order valence-electron chi connectivity index (χ1n) is 11.7. The lowest BCUT2D eigenvalue weighted by atomic mass is 9.48. The molecule has 0 aromatic heterocycles. The van der Waals surface area contributed by atoms with Crippen molar-refractivity contribution in [3.8, 4) is 34.1 Å². The molecular formula is C28H25ClO3. The number of aliphatic hydroxyl groups is 1. The molecule has 0 amide bonds. The first-order valence-corrected chi connectivity index (χ1v) is 12.1. The van der Waals surface area contributed by atoms with Gasteiger partial charge in [-0.05, 0) is 109 Å². The van der Waals surface area contributed by atoms with Gasteiger partial charge in [0, 0.05) is 5.02 Å². The molecule has 32 heavy (non-hydrogen) atoms. The maximum absolute atomic E-state index is 12.3. The first-order chi connectivity index (χ1) is 15.6. The summed E-state index contributed by atoms with van der Waals surface area (Å²) >= 11 is 6.50. The predicted octanol–water partition coefficient (Wildman–Crippen LogP) is 7.55. The smallest absolute Gasteiger partial charge is 0.170 e. The highest BCUT2D eigenvalue weighted by Crippen LogP contribution is 2.63. The van der Waals surface area contributed by atoms with E-state index in [0.29, 0.717) is 34.1 Å². The lowest BCUT2D eigenvalue weighted by Gasteiger charge is -2.59. The van der Waals surface area contributed by atoms with Crippen molar-refractivity contribution < 1.29 is 14.6 Å². The molecule has 3 aromatic carbocycles. The lowest BCUT2D eigenvalue weighted by Crippen LogP contribution is -2.55. The van der Waals surface area contributed by atoms with E-state index in [1.54, 1.807) is 0 Å².